The molecule has 2 aromatic heterocycles. The van der Waals surface area contributed by atoms with E-state index < -0.39 is 12.2 Å². The SMILES string of the molecule is O=C(CSc1nnc2[nH]c(=O)cnn12)c1ccc(OC(F)F)cc1. The second-order valence-electron chi connectivity index (χ2n) is 4.47. The molecule has 1 N–H and O–H groups in total. The first-order chi connectivity index (χ1) is 11.5. The third-order valence-corrected chi connectivity index (χ3v) is 3.79. The number of halogens is 2. The monoisotopic (exact) mass is 353 g/mol. The van der Waals surface area contributed by atoms with Crippen molar-refractivity contribution in [1.82, 2.24) is 24.8 Å². The Morgan fingerprint density at radius 1 is 1.29 bits per heavy atom. The Bertz CT molecular complexity index is 925. The van der Waals surface area contributed by atoms with E-state index in [4.69, 9.17) is 0 Å². The number of benzene rings is 1. The number of carbonyl (C=O) groups is 1. The third-order valence-electron chi connectivity index (χ3n) is 2.87. The number of aromatic amines is 1. The van der Waals surface area contributed by atoms with Gasteiger partial charge in [0.05, 0.1) is 5.75 Å². The number of alkyl halides is 2. The van der Waals surface area contributed by atoms with E-state index in [9.17, 15) is 18.4 Å². The lowest BCUT2D eigenvalue weighted by atomic mass is 10.1. The van der Waals surface area contributed by atoms with Crippen LogP contribution in [0.2, 0.25) is 0 Å². The summed E-state index contributed by atoms with van der Waals surface area (Å²) in [6, 6.07) is 5.39. The molecule has 3 aromatic rings. The smallest absolute Gasteiger partial charge is 0.387 e. The molecule has 0 bridgehead atoms. The van der Waals surface area contributed by atoms with Crippen LogP contribution in [0, 0.1) is 0 Å². The van der Waals surface area contributed by atoms with E-state index in [0.29, 0.717) is 10.7 Å². The van der Waals surface area contributed by atoms with Gasteiger partial charge in [0.1, 0.15) is 11.9 Å². The average molecular weight is 353 g/mol. The normalized spacial score (nSPS) is 11.1. The van der Waals surface area contributed by atoms with Gasteiger partial charge in [-0.15, -0.1) is 10.2 Å². The summed E-state index contributed by atoms with van der Waals surface area (Å²) in [5.74, 6) is -0.0436. The van der Waals surface area contributed by atoms with Crippen molar-refractivity contribution in [3.05, 3.63) is 46.4 Å². The minimum absolute atomic E-state index is 0.0224. The summed E-state index contributed by atoms with van der Waals surface area (Å²) in [6.45, 7) is -2.91. The molecule has 0 radical (unpaired) electrons. The van der Waals surface area contributed by atoms with Gasteiger partial charge in [-0.05, 0) is 24.3 Å². The van der Waals surface area contributed by atoms with E-state index in [-0.39, 0.29) is 23.1 Å². The molecule has 0 saturated carbocycles. The maximum absolute atomic E-state index is 12.1. The molecular formula is C13H9F2N5O3S. The number of rotatable bonds is 6. The zero-order valence-corrected chi connectivity index (χ0v) is 12.7. The van der Waals surface area contributed by atoms with E-state index in [1.165, 1.54) is 28.8 Å². The molecule has 0 fully saturated rings. The van der Waals surface area contributed by atoms with Crippen molar-refractivity contribution in [3.63, 3.8) is 0 Å². The van der Waals surface area contributed by atoms with Gasteiger partial charge in [-0.2, -0.15) is 18.4 Å². The summed E-state index contributed by atoms with van der Waals surface area (Å²) < 4.78 is 29.7. The Morgan fingerprint density at radius 2 is 2.04 bits per heavy atom. The Balaban J connectivity index is 1.67. The fraction of sp³-hybridized carbons (Fsp3) is 0.154. The molecule has 0 saturated heterocycles. The Hall–Kier alpha value is -2.82. The third kappa shape index (κ3) is 3.56. The number of aromatic nitrogens is 5. The maximum atomic E-state index is 12.1. The number of nitrogens with zero attached hydrogens (tertiary/aromatic N) is 4. The number of fused-ring (bicyclic) bond motifs is 1. The standard InChI is InChI=1S/C13H9F2N5O3S/c14-11(15)23-8-3-1-7(2-4-8)9(21)6-24-13-19-18-12-17-10(22)5-16-20(12)13/h1-5,11H,6H2,(H,17,18,22). The van der Waals surface area contributed by atoms with E-state index in [0.717, 1.165) is 18.0 Å². The Kier molecular flexibility index (Phi) is 4.51. The zero-order valence-electron chi connectivity index (χ0n) is 11.8. The van der Waals surface area contributed by atoms with Crippen molar-refractivity contribution >= 4 is 23.3 Å². The van der Waals surface area contributed by atoms with Crippen LogP contribution in [0.25, 0.3) is 5.78 Å². The van der Waals surface area contributed by atoms with Gasteiger partial charge in [0.15, 0.2) is 5.78 Å². The predicted molar refractivity (Wildman–Crippen MR) is 79.5 cm³/mol. The number of ketones is 1. The number of H-pyrrole nitrogens is 1. The second kappa shape index (κ2) is 6.74. The second-order valence-corrected chi connectivity index (χ2v) is 5.41. The van der Waals surface area contributed by atoms with Crippen molar-refractivity contribution in [2.24, 2.45) is 0 Å². The topological polar surface area (TPSA) is 102 Å². The summed E-state index contributed by atoms with van der Waals surface area (Å²) in [6.07, 6.45) is 1.07. The largest absolute Gasteiger partial charge is 0.435 e. The molecule has 0 aliphatic carbocycles. The number of nitrogens with one attached hydrogen (secondary N) is 1. The highest BCUT2D eigenvalue weighted by atomic mass is 32.2. The van der Waals surface area contributed by atoms with Crippen molar-refractivity contribution in [3.8, 4) is 5.75 Å². The van der Waals surface area contributed by atoms with Gasteiger partial charge in [0.2, 0.25) is 5.16 Å². The average Bonchev–Trinajstić information content (AvgIpc) is 2.94. The number of thioether (sulfide) groups is 1. The molecule has 0 aliphatic rings. The van der Waals surface area contributed by atoms with Crippen molar-refractivity contribution in [2.45, 2.75) is 11.8 Å². The van der Waals surface area contributed by atoms with Crippen LogP contribution in [-0.4, -0.2) is 42.9 Å². The van der Waals surface area contributed by atoms with Crippen molar-refractivity contribution < 1.29 is 18.3 Å². The molecule has 1 aromatic carbocycles. The number of hydrogen-bond acceptors (Lipinski definition) is 7. The number of Topliss-reactive ketones (excluding diaryl/α,β-unsaturated/α-hetero) is 1. The lowest BCUT2D eigenvalue weighted by Crippen LogP contribution is -2.10. The molecule has 8 nitrogen and oxygen atoms in total. The van der Waals surface area contributed by atoms with E-state index >= 15 is 0 Å². The quantitative estimate of drug-likeness (QED) is 0.528. The molecule has 3 rings (SSSR count). The van der Waals surface area contributed by atoms with E-state index in [1.807, 2.05) is 0 Å². The number of ether oxygens (including phenoxy) is 1. The van der Waals surface area contributed by atoms with Gasteiger partial charge in [-0.25, -0.2) is 0 Å². The zero-order chi connectivity index (χ0) is 17.1. The molecule has 11 heteroatoms. The van der Waals surface area contributed by atoms with Gasteiger partial charge in [-0.3, -0.25) is 14.6 Å². The molecule has 124 valence electrons. The summed E-state index contributed by atoms with van der Waals surface area (Å²) in [4.78, 5) is 25.7. The van der Waals surface area contributed by atoms with Crippen LogP contribution in [0.5, 0.6) is 5.75 Å². The summed E-state index contributed by atoms with van der Waals surface area (Å²) >= 11 is 1.08. The van der Waals surface area contributed by atoms with Crippen LogP contribution < -0.4 is 10.3 Å². The highest BCUT2D eigenvalue weighted by molar-refractivity contribution is 7.99. The van der Waals surface area contributed by atoms with Crippen molar-refractivity contribution in [2.75, 3.05) is 5.75 Å². The van der Waals surface area contributed by atoms with Gasteiger partial charge >= 0.3 is 6.61 Å². The highest BCUT2D eigenvalue weighted by Gasteiger charge is 2.13. The molecule has 0 unspecified atom stereocenters. The molecule has 0 atom stereocenters. The van der Waals surface area contributed by atoms with Gasteiger partial charge in [0.25, 0.3) is 11.3 Å². The summed E-state index contributed by atoms with van der Waals surface area (Å²) in [5.41, 5.74) is -0.0621. The molecule has 2 heterocycles. The first kappa shape index (κ1) is 16.1. The number of carbonyl (C=O) groups excluding carboxylic acids is 1. The Morgan fingerprint density at radius 3 is 2.75 bits per heavy atom. The minimum atomic E-state index is -2.91. The maximum Gasteiger partial charge on any atom is 0.387 e. The predicted octanol–water partition coefficient (Wildman–Crippen LogP) is 1.39. The van der Waals surface area contributed by atoms with Crippen LogP contribution in [0.1, 0.15) is 10.4 Å². The van der Waals surface area contributed by atoms with Gasteiger partial charge in [0, 0.05) is 5.56 Å². The van der Waals surface area contributed by atoms with E-state index in [1.54, 1.807) is 0 Å². The summed E-state index contributed by atoms with van der Waals surface area (Å²) in [7, 11) is 0. The fourth-order valence-electron chi connectivity index (χ4n) is 1.83. The van der Waals surface area contributed by atoms with Crippen molar-refractivity contribution in [1.29, 1.82) is 0 Å². The lowest BCUT2D eigenvalue weighted by molar-refractivity contribution is -0.0498. The minimum Gasteiger partial charge on any atom is -0.435 e. The van der Waals surface area contributed by atoms with E-state index in [2.05, 4.69) is 25.0 Å². The van der Waals surface area contributed by atoms with Crippen LogP contribution in [0.15, 0.2) is 40.4 Å². The van der Waals surface area contributed by atoms with Crippen LogP contribution in [0.3, 0.4) is 0 Å². The molecule has 24 heavy (non-hydrogen) atoms. The van der Waals surface area contributed by atoms with Gasteiger partial charge < -0.3 is 4.74 Å². The first-order valence-electron chi connectivity index (χ1n) is 6.54. The number of hydrogen-bond donors (Lipinski definition) is 1. The molecule has 0 amide bonds. The fourth-order valence-corrected chi connectivity index (χ4v) is 2.61. The summed E-state index contributed by atoms with van der Waals surface area (Å²) in [5, 5.41) is 11.8. The van der Waals surface area contributed by atoms with Crippen LogP contribution >= 0.6 is 11.8 Å². The Labute approximate surface area is 136 Å². The molecule has 0 aliphatic heterocycles. The molecule has 0 spiro atoms. The van der Waals surface area contributed by atoms with Gasteiger partial charge in [-0.1, -0.05) is 11.8 Å². The first-order valence-corrected chi connectivity index (χ1v) is 7.53. The lowest BCUT2D eigenvalue weighted by Gasteiger charge is -2.05. The van der Waals surface area contributed by atoms with Crippen LogP contribution in [0.4, 0.5) is 8.78 Å². The van der Waals surface area contributed by atoms with Crippen LogP contribution in [-0.2, 0) is 0 Å². The highest BCUT2D eigenvalue weighted by Crippen LogP contribution is 2.19. The molecular weight excluding hydrogens is 344 g/mol.